The van der Waals surface area contributed by atoms with E-state index in [1.165, 1.54) is 11.3 Å². The van der Waals surface area contributed by atoms with E-state index in [4.69, 9.17) is 4.74 Å². The van der Waals surface area contributed by atoms with Crippen LogP contribution in [0.25, 0.3) is 0 Å². The number of benzene rings is 1. The molecule has 0 aliphatic rings. The van der Waals surface area contributed by atoms with Crippen molar-refractivity contribution in [2.45, 2.75) is 32.2 Å². The Hall–Kier alpha value is -2.14. The topological polar surface area (TPSA) is 55.4 Å². The van der Waals surface area contributed by atoms with Gasteiger partial charge in [-0.1, -0.05) is 18.2 Å². The number of amides is 1. The zero-order chi connectivity index (χ0) is 16.7. The highest BCUT2D eigenvalue weighted by molar-refractivity contribution is 7.12. The van der Waals surface area contributed by atoms with Crippen LogP contribution in [0, 0.1) is 0 Å². The lowest BCUT2D eigenvalue weighted by Gasteiger charge is -2.14. The standard InChI is InChI=1S/C18H21NO3S/c1-13(11-14-5-3-6-15(12-14)22-2)19-18(21)9-8-16(20)17-7-4-10-23-17/h3-7,10,12-13H,8-9,11H2,1-2H3,(H,19,21). The second kappa shape index (κ2) is 8.48. The van der Waals surface area contributed by atoms with Crippen molar-refractivity contribution in [3.8, 4) is 5.75 Å². The molecule has 0 spiro atoms. The minimum atomic E-state index is -0.0923. The Morgan fingerprint density at radius 1 is 1.22 bits per heavy atom. The molecular formula is C18H21NO3S. The van der Waals surface area contributed by atoms with Crippen molar-refractivity contribution in [1.82, 2.24) is 5.32 Å². The molecule has 1 aromatic heterocycles. The molecule has 0 aliphatic heterocycles. The van der Waals surface area contributed by atoms with E-state index in [2.05, 4.69) is 5.32 Å². The maximum Gasteiger partial charge on any atom is 0.220 e. The number of Topliss-reactive ketones (excluding diaryl/α,β-unsaturated/α-hetero) is 1. The summed E-state index contributed by atoms with van der Waals surface area (Å²) >= 11 is 1.41. The minimum Gasteiger partial charge on any atom is -0.497 e. The number of ether oxygens (including phenoxy) is 1. The summed E-state index contributed by atoms with van der Waals surface area (Å²) in [5.41, 5.74) is 1.10. The summed E-state index contributed by atoms with van der Waals surface area (Å²) in [6.07, 6.45) is 1.19. The number of carbonyl (C=O) groups excluding carboxylic acids is 2. The van der Waals surface area contributed by atoms with Gasteiger partial charge in [0.15, 0.2) is 5.78 Å². The first kappa shape index (κ1) is 17.2. The lowest BCUT2D eigenvalue weighted by molar-refractivity contribution is -0.121. The third-order valence-electron chi connectivity index (χ3n) is 3.46. The predicted molar refractivity (Wildman–Crippen MR) is 92.2 cm³/mol. The first-order valence-corrected chi connectivity index (χ1v) is 8.45. The summed E-state index contributed by atoms with van der Waals surface area (Å²) in [4.78, 5) is 24.5. The number of thiophene rings is 1. The van der Waals surface area contributed by atoms with Crippen LogP contribution in [0.2, 0.25) is 0 Å². The fraction of sp³-hybridized carbons (Fsp3) is 0.333. The van der Waals surface area contributed by atoms with Crippen LogP contribution < -0.4 is 10.1 Å². The third-order valence-corrected chi connectivity index (χ3v) is 4.37. The molecule has 0 saturated heterocycles. The van der Waals surface area contributed by atoms with Gasteiger partial charge in [0.1, 0.15) is 5.75 Å². The van der Waals surface area contributed by atoms with Gasteiger partial charge < -0.3 is 10.1 Å². The van der Waals surface area contributed by atoms with Gasteiger partial charge in [-0.05, 0) is 42.5 Å². The van der Waals surface area contributed by atoms with Crippen LogP contribution in [0.15, 0.2) is 41.8 Å². The Labute approximate surface area is 140 Å². The molecular weight excluding hydrogens is 310 g/mol. The molecule has 2 aromatic rings. The Kier molecular flexibility index (Phi) is 6.35. The van der Waals surface area contributed by atoms with Crippen LogP contribution in [0.3, 0.4) is 0 Å². The minimum absolute atomic E-state index is 0.00597. The molecule has 1 atom stereocenters. The largest absolute Gasteiger partial charge is 0.497 e. The summed E-state index contributed by atoms with van der Waals surface area (Å²) in [6, 6.07) is 11.4. The van der Waals surface area contributed by atoms with Gasteiger partial charge in [0.05, 0.1) is 12.0 Å². The highest BCUT2D eigenvalue weighted by Crippen LogP contribution is 2.14. The van der Waals surface area contributed by atoms with E-state index in [-0.39, 0.29) is 30.6 Å². The monoisotopic (exact) mass is 331 g/mol. The number of nitrogens with one attached hydrogen (secondary N) is 1. The Morgan fingerprint density at radius 2 is 2.04 bits per heavy atom. The molecule has 4 nitrogen and oxygen atoms in total. The van der Waals surface area contributed by atoms with E-state index in [1.54, 1.807) is 13.2 Å². The van der Waals surface area contributed by atoms with Crippen LogP contribution in [-0.2, 0) is 11.2 Å². The molecule has 1 N–H and O–H groups in total. The summed E-state index contributed by atoms with van der Waals surface area (Å²) < 4.78 is 5.19. The summed E-state index contributed by atoms with van der Waals surface area (Å²) in [5, 5.41) is 4.80. The van der Waals surface area contributed by atoms with Gasteiger partial charge in [-0.2, -0.15) is 0 Å². The van der Waals surface area contributed by atoms with Crippen molar-refractivity contribution in [3.05, 3.63) is 52.2 Å². The third kappa shape index (κ3) is 5.53. The molecule has 122 valence electrons. The lowest BCUT2D eigenvalue weighted by Crippen LogP contribution is -2.34. The van der Waals surface area contributed by atoms with Crippen molar-refractivity contribution in [1.29, 1.82) is 0 Å². The van der Waals surface area contributed by atoms with Crippen molar-refractivity contribution >= 4 is 23.0 Å². The van der Waals surface area contributed by atoms with E-state index in [0.29, 0.717) is 4.88 Å². The number of hydrogen-bond donors (Lipinski definition) is 1. The van der Waals surface area contributed by atoms with Crippen LogP contribution in [0.4, 0.5) is 0 Å². The van der Waals surface area contributed by atoms with Gasteiger partial charge in [0, 0.05) is 18.9 Å². The molecule has 0 aliphatic carbocycles. The average Bonchev–Trinajstić information content (AvgIpc) is 3.07. The van der Waals surface area contributed by atoms with E-state index in [9.17, 15) is 9.59 Å². The zero-order valence-corrected chi connectivity index (χ0v) is 14.2. The first-order valence-electron chi connectivity index (χ1n) is 7.57. The van der Waals surface area contributed by atoms with Crippen LogP contribution in [-0.4, -0.2) is 24.8 Å². The van der Waals surface area contributed by atoms with Crippen LogP contribution >= 0.6 is 11.3 Å². The number of rotatable bonds is 8. The number of carbonyl (C=O) groups is 2. The van der Waals surface area contributed by atoms with Gasteiger partial charge in [-0.15, -0.1) is 11.3 Å². The summed E-state index contributed by atoms with van der Waals surface area (Å²) in [5.74, 6) is 0.739. The summed E-state index contributed by atoms with van der Waals surface area (Å²) in [6.45, 7) is 1.96. The fourth-order valence-electron chi connectivity index (χ4n) is 2.34. The van der Waals surface area contributed by atoms with Gasteiger partial charge >= 0.3 is 0 Å². The van der Waals surface area contributed by atoms with Crippen LogP contribution in [0.5, 0.6) is 5.75 Å². The highest BCUT2D eigenvalue weighted by atomic mass is 32.1. The van der Waals surface area contributed by atoms with Crippen molar-refractivity contribution in [2.75, 3.05) is 7.11 Å². The Balaban J connectivity index is 1.77. The van der Waals surface area contributed by atoms with Gasteiger partial charge in [-0.3, -0.25) is 9.59 Å². The number of hydrogen-bond acceptors (Lipinski definition) is 4. The fourth-order valence-corrected chi connectivity index (χ4v) is 3.03. The zero-order valence-electron chi connectivity index (χ0n) is 13.4. The van der Waals surface area contributed by atoms with Crippen molar-refractivity contribution < 1.29 is 14.3 Å². The van der Waals surface area contributed by atoms with E-state index >= 15 is 0 Å². The molecule has 2 rings (SSSR count). The molecule has 1 unspecified atom stereocenters. The predicted octanol–water partition coefficient (Wildman–Crippen LogP) is 3.47. The Morgan fingerprint density at radius 3 is 2.74 bits per heavy atom. The molecule has 0 radical (unpaired) electrons. The smallest absolute Gasteiger partial charge is 0.220 e. The van der Waals surface area contributed by atoms with Crippen LogP contribution in [0.1, 0.15) is 35.0 Å². The molecule has 23 heavy (non-hydrogen) atoms. The average molecular weight is 331 g/mol. The van der Waals surface area contributed by atoms with E-state index in [1.807, 2.05) is 42.6 Å². The van der Waals surface area contributed by atoms with Crippen molar-refractivity contribution in [2.24, 2.45) is 0 Å². The normalized spacial score (nSPS) is 11.7. The molecule has 1 amide bonds. The maximum absolute atomic E-state index is 12.0. The highest BCUT2D eigenvalue weighted by Gasteiger charge is 2.12. The summed E-state index contributed by atoms with van der Waals surface area (Å²) in [7, 11) is 1.63. The maximum atomic E-state index is 12.0. The number of methoxy groups -OCH3 is 1. The second-order valence-electron chi connectivity index (χ2n) is 5.42. The SMILES string of the molecule is COc1cccc(CC(C)NC(=O)CCC(=O)c2cccs2)c1. The Bertz CT molecular complexity index is 652. The van der Waals surface area contributed by atoms with Crippen molar-refractivity contribution in [3.63, 3.8) is 0 Å². The molecule has 0 fully saturated rings. The lowest BCUT2D eigenvalue weighted by atomic mass is 10.1. The molecule has 1 heterocycles. The molecule has 5 heteroatoms. The number of ketones is 1. The quantitative estimate of drug-likeness (QED) is 0.754. The molecule has 1 aromatic carbocycles. The first-order chi connectivity index (χ1) is 11.1. The van der Waals surface area contributed by atoms with Gasteiger partial charge in [0.2, 0.25) is 5.91 Å². The molecule has 0 bridgehead atoms. The van der Waals surface area contributed by atoms with E-state index < -0.39 is 0 Å². The second-order valence-corrected chi connectivity index (χ2v) is 6.37. The van der Waals surface area contributed by atoms with Gasteiger partial charge in [-0.25, -0.2) is 0 Å². The molecule has 0 saturated carbocycles. The van der Waals surface area contributed by atoms with Gasteiger partial charge in [0.25, 0.3) is 0 Å². The van der Waals surface area contributed by atoms with E-state index in [0.717, 1.165) is 17.7 Å².